The van der Waals surface area contributed by atoms with Gasteiger partial charge in [-0.15, -0.1) is 0 Å². The molecule has 0 bridgehead atoms. The van der Waals surface area contributed by atoms with Gasteiger partial charge in [0, 0.05) is 24.4 Å². The zero-order chi connectivity index (χ0) is 16.0. The lowest BCUT2D eigenvalue weighted by atomic mass is 10.1. The molecule has 0 heterocycles. The zero-order valence-corrected chi connectivity index (χ0v) is 11.9. The smallest absolute Gasteiger partial charge is 0.270 e. The van der Waals surface area contributed by atoms with Crippen LogP contribution in [0.3, 0.4) is 0 Å². The Morgan fingerprint density at radius 3 is 2.62 bits per heavy atom. The van der Waals surface area contributed by atoms with Crippen LogP contribution in [0.2, 0.25) is 0 Å². The van der Waals surface area contributed by atoms with E-state index in [1.165, 1.54) is 25.1 Å². The number of nitrogens with two attached hydrogens (primary N) is 1. The van der Waals surface area contributed by atoms with Gasteiger partial charge in [0.1, 0.15) is 6.04 Å². The van der Waals surface area contributed by atoms with Gasteiger partial charge < -0.3 is 16.4 Å². The fourth-order valence-electron chi connectivity index (χ4n) is 1.59. The molecule has 2 amide bonds. The van der Waals surface area contributed by atoms with Crippen LogP contribution in [-0.2, 0) is 4.79 Å². The highest BCUT2D eigenvalue weighted by Gasteiger charge is 2.19. The second kappa shape index (κ2) is 7.22. The quantitative estimate of drug-likeness (QED) is 0.511. The molecule has 21 heavy (non-hydrogen) atoms. The average Bonchev–Trinajstić information content (AvgIpc) is 2.44. The lowest BCUT2D eigenvalue weighted by Gasteiger charge is -2.14. The summed E-state index contributed by atoms with van der Waals surface area (Å²) in [5, 5.41) is 16.2. The minimum absolute atomic E-state index is 0.103. The number of hydrogen-bond acceptors (Lipinski definition) is 5. The van der Waals surface area contributed by atoms with Crippen molar-refractivity contribution >= 4 is 23.2 Å². The monoisotopic (exact) mass is 294 g/mol. The van der Waals surface area contributed by atoms with Gasteiger partial charge in [-0.2, -0.15) is 0 Å². The van der Waals surface area contributed by atoms with E-state index in [9.17, 15) is 19.7 Å². The number of anilines is 1. The van der Waals surface area contributed by atoms with Crippen molar-refractivity contribution in [2.24, 2.45) is 5.73 Å². The lowest BCUT2D eigenvalue weighted by molar-refractivity contribution is -0.384. The second-order valence-electron chi connectivity index (χ2n) is 4.51. The maximum atomic E-state index is 12.1. The topological polar surface area (TPSA) is 127 Å². The Morgan fingerprint density at radius 2 is 2.10 bits per heavy atom. The van der Waals surface area contributed by atoms with Crippen molar-refractivity contribution in [2.75, 3.05) is 11.9 Å². The number of primary amides is 1. The fourth-order valence-corrected chi connectivity index (χ4v) is 1.59. The number of nitrogens with zero attached hydrogens (tertiary/aromatic N) is 1. The van der Waals surface area contributed by atoms with E-state index in [0.29, 0.717) is 12.2 Å². The predicted molar refractivity (Wildman–Crippen MR) is 78.0 cm³/mol. The predicted octanol–water partition coefficient (Wildman–Crippen LogP) is 1.02. The number of amides is 2. The third kappa shape index (κ3) is 4.44. The first kappa shape index (κ1) is 16.4. The Bertz CT molecular complexity index is 559. The van der Waals surface area contributed by atoms with E-state index < -0.39 is 22.8 Å². The first-order valence-corrected chi connectivity index (χ1v) is 6.49. The summed E-state index contributed by atoms with van der Waals surface area (Å²) in [5.74, 6) is -1.28. The van der Waals surface area contributed by atoms with Crippen LogP contribution < -0.4 is 16.4 Å². The lowest BCUT2D eigenvalue weighted by Crippen LogP contribution is -2.42. The van der Waals surface area contributed by atoms with Crippen molar-refractivity contribution in [2.45, 2.75) is 26.3 Å². The molecule has 0 aliphatic heterocycles. The summed E-state index contributed by atoms with van der Waals surface area (Å²) in [7, 11) is 0. The summed E-state index contributed by atoms with van der Waals surface area (Å²) in [6, 6.07) is 3.08. The molecule has 0 radical (unpaired) electrons. The van der Waals surface area contributed by atoms with Crippen LogP contribution in [0.5, 0.6) is 0 Å². The Balaban J connectivity index is 3.09. The van der Waals surface area contributed by atoms with Crippen LogP contribution in [0.4, 0.5) is 11.4 Å². The minimum Gasteiger partial charge on any atom is -0.384 e. The number of hydrogen-bond donors (Lipinski definition) is 3. The van der Waals surface area contributed by atoms with Crippen molar-refractivity contribution in [1.82, 2.24) is 5.32 Å². The van der Waals surface area contributed by atoms with Crippen molar-refractivity contribution in [3.05, 3.63) is 33.9 Å². The molecule has 1 aromatic rings. The molecule has 0 aromatic heterocycles. The molecular weight excluding hydrogens is 276 g/mol. The number of nitro benzene ring substituents is 1. The van der Waals surface area contributed by atoms with Gasteiger partial charge in [0.25, 0.3) is 11.6 Å². The average molecular weight is 294 g/mol. The van der Waals surface area contributed by atoms with E-state index in [2.05, 4.69) is 10.6 Å². The maximum absolute atomic E-state index is 12.1. The molecule has 8 nitrogen and oxygen atoms in total. The molecule has 1 rings (SSSR count). The fraction of sp³-hybridized carbons (Fsp3) is 0.385. The van der Waals surface area contributed by atoms with Crippen LogP contribution in [0, 0.1) is 10.1 Å². The molecule has 1 atom stereocenters. The number of carbonyl (C=O) groups is 2. The third-order valence-electron chi connectivity index (χ3n) is 2.80. The number of nitro groups is 1. The molecule has 114 valence electrons. The number of non-ortho nitro benzene ring substituents is 1. The highest BCUT2D eigenvalue weighted by atomic mass is 16.6. The Hall–Kier alpha value is -2.64. The number of nitrogens with one attached hydrogen (secondary N) is 2. The van der Waals surface area contributed by atoms with E-state index >= 15 is 0 Å². The Kier molecular flexibility index (Phi) is 5.65. The number of rotatable bonds is 7. The summed E-state index contributed by atoms with van der Waals surface area (Å²) in [6.07, 6.45) is 0.829. The highest BCUT2D eigenvalue weighted by molar-refractivity contribution is 6.02. The normalized spacial score (nSPS) is 11.5. The maximum Gasteiger partial charge on any atom is 0.270 e. The van der Waals surface area contributed by atoms with Crippen LogP contribution in [0.1, 0.15) is 30.6 Å². The molecule has 0 spiro atoms. The SMILES string of the molecule is CCCNc1ccc([N+](=O)[O-])cc1C(=O)NC(C)C(N)=O. The van der Waals surface area contributed by atoms with Crippen molar-refractivity contribution in [3.8, 4) is 0 Å². The largest absolute Gasteiger partial charge is 0.384 e. The highest BCUT2D eigenvalue weighted by Crippen LogP contribution is 2.22. The summed E-state index contributed by atoms with van der Waals surface area (Å²) < 4.78 is 0. The molecule has 1 aromatic carbocycles. The van der Waals surface area contributed by atoms with Gasteiger partial charge in [0.2, 0.25) is 5.91 Å². The first-order chi connectivity index (χ1) is 9.86. The van der Waals surface area contributed by atoms with Crippen LogP contribution in [0.15, 0.2) is 18.2 Å². The molecule has 1 unspecified atom stereocenters. The first-order valence-electron chi connectivity index (χ1n) is 6.49. The number of carbonyl (C=O) groups excluding carboxylic acids is 2. The molecule has 0 aliphatic carbocycles. The van der Waals surface area contributed by atoms with Gasteiger partial charge in [-0.1, -0.05) is 6.92 Å². The van der Waals surface area contributed by atoms with Gasteiger partial charge in [0.05, 0.1) is 10.5 Å². The molecular formula is C13H18N4O4. The van der Waals surface area contributed by atoms with E-state index in [1.807, 2.05) is 6.92 Å². The third-order valence-corrected chi connectivity index (χ3v) is 2.80. The van der Waals surface area contributed by atoms with Crippen molar-refractivity contribution in [3.63, 3.8) is 0 Å². The van der Waals surface area contributed by atoms with Gasteiger partial charge in [-0.25, -0.2) is 0 Å². The molecule has 0 fully saturated rings. The standard InChI is InChI=1S/C13H18N4O4/c1-3-6-15-11-5-4-9(17(20)21)7-10(11)13(19)16-8(2)12(14)18/h4-5,7-8,15H,3,6H2,1-2H3,(H2,14,18)(H,16,19). The molecule has 0 aliphatic rings. The van der Waals surface area contributed by atoms with E-state index in [0.717, 1.165) is 6.42 Å². The van der Waals surface area contributed by atoms with Crippen molar-refractivity contribution < 1.29 is 14.5 Å². The van der Waals surface area contributed by atoms with Gasteiger partial charge in [0.15, 0.2) is 0 Å². The van der Waals surface area contributed by atoms with Gasteiger partial charge in [-0.05, 0) is 19.4 Å². The van der Waals surface area contributed by atoms with E-state index in [-0.39, 0.29) is 11.3 Å². The summed E-state index contributed by atoms with van der Waals surface area (Å²) in [6.45, 7) is 4.01. The van der Waals surface area contributed by atoms with E-state index in [1.54, 1.807) is 0 Å². The molecule has 8 heteroatoms. The van der Waals surface area contributed by atoms with E-state index in [4.69, 9.17) is 5.73 Å². The Labute approximate surface area is 121 Å². The summed E-state index contributed by atoms with van der Waals surface area (Å²) in [4.78, 5) is 33.3. The summed E-state index contributed by atoms with van der Waals surface area (Å²) >= 11 is 0. The second-order valence-corrected chi connectivity index (χ2v) is 4.51. The van der Waals surface area contributed by atoms with Gasteiger partial charge in [-0.3, -0.25) is 19.7 Å². The van der Waals surface area contributed by atoms with Crippen LogP contribution in [-0.4, -0.2) is 29.3 Å². The summed E-state index contributed by atoms with van der Waals surface area (Å²) in [5.41, 5.74) is 5.45. The zero-order valence-electron chi connectivity index (χ0n) is 11.9. The molecule has 0 saturated heterocycles. The van der Waals surface area contributed by atoms with Gasteiger partial charge >= 0.3 is 0 Å². The minimum atomic E-state index is -0.865. The Morgan fingerprint density at radius 1 is 1.43 bits per heavy atom. The van der Waals surface area contributed by atoms with Crippen LogP contribution in [0.25, 0.3) is 0 Å². The van der Waals surface area contributed by atoms with Crippen LogP contribution >= 0.6 is 0 Å². The number of benzene rings is 1. The molecule has 0 saturated carbocycles. The van der Waals surface area contributed by atoms with Crippen molar-refractivity contribution in [1.29, 1.82) is 0 Å². The molecule has 4 N–H and O–H groups in total.